The average Bonchev–Trinajstić information content (AvgIpc) is 2.89. The molecule has 20 heavy (non-hydrogen) atoms. The van der Waals surface area contributed by atoms with E-state index in [0.717, 1.165) is 23.1 Å². The van der Waals surface area contributed by atoms with E-state index in [2.05, 4.69) is 15.4 Å². The Labute approximate surface area is 117 Å². The zero-order valence-electron chi connectivity index (χ0n) is 11.6. The van der Waals surface area contributed by atoms with Crippen LogP contribution in [0.25, 0.3) is 11.0 Å². The van der Waals surface area contributed by atoms with Gasteiger partial charge in [0.2, 0.25) is 0 Å². The van der Waals surface area contributed by atoms with Crippen LogP contribution in [0.5, 0.6) is 0 Å². The molecule has 0 saturated carbocycles. The van der Waals surface area contributed by atoms with E-state index in [4.69, 9.17) is 4.98 Å². The van der Waals surface area contributed by atoms with Gasteiger partial charge in [0.1, 0.15) is 0 Å². The highest BCUT2D eigenvalue weighted by Crippen LogP contribution is 2.18. The highest BCUT2D eigenvalue weighted by molar-refractivity contribution is 5.73. The number of likely N-dealkylation sites (N-methyl/N-ethyl adjacent to an activating group) is 1. The van der Waals surface area contributed by atoms with Crippen LogP contribution in [0.15, 0.2) is 42.9 Å². The molecule has 0 aliphatic heterocycles. The summed E-state index contributed by atoms with van der Waals surface area (Å²) in [5, 5.41) is 7.50. The quantitative estimate of drug-likeness (QED) is 0.784. The predicted octanol–water partition coefficient (Wildman–Crippen LogP) is 1.87. The third kappa shape index (κ3) is 2.53. The van der Waals surface area contributed by atoms with E-state index in [-0.39, 0.29) is 6.04 Å². The number of rotatable bonds is 4. The summed E-state index contributed by atoms with van der Waals surface area (Å²) in [6.07, 6.45) is 6.61. The maximum atomic E-state index is 4.70. The van der Waals surface area contributed by atoms with Crippen molar-refractivity contribution in [2.45, 2.75) is 12.5 Å². The van der Waals surface area contributed by atoms with Crippen LogP contribution in [0.4, 0.5) is 0 Å². The molecule has 1 aromatic carbocycles. The highest BCUT2D eigenvalue weighted by atomic mass is 15.2. The Morgan fingerprint density at radius 1 is 1.20 bits per heavy atom. The summed E-state index contributed by atoms with van der Waals surface area (Å²) < 4.78 is 1.81. The molecule has 3 rings (SSSR count). The lowest BCUT2D eigenvalue weighted by Crippen LogP contribution is -2.20. The third-order valence-corrected chi connectivity index (χ3v) is 3.37. The standard InChI is InChI=1S/C15H17N5/c1-16-14(7-11-8-18-20(2)10-11)15-9-17-12-5-3-4-6-13(12)19-15/h3-6,8-10,14,16H,7H2,1-2H3. The summed E-state index contributed by atoms with van der Waals surface area (Å²) in [7, 11) is 3.87. The zero-order chi connectivity index (χ0) is 13.9. The van der Waals surface area contributed by atoms with E-state index >= 15 is 0 Å². The van der Waals surface area contributed by atoms with Gasteiger partial charge in [-0.3, -0.25) is 9.67 Å². The number of nitrogens with zero attached hydrogens (tertiary/aromatic N) is 4. The van der Waals surface area contributed by atoms with Crippen molar-refractivity contribution in [2.75, 3.05) is 7.05 Å². The second kappa shape index (κ2) is 5.38. The van der Waals surface area contributed by atoms with Crippen molar-refractivity contribution in [1.82, 2.24) is 25.1 Å². The fraction of sp³-hybridized carbons (Fsp3) is 0.267. The molecule has 2 heterocycles. The molecule has 0 aliphatic rings. The first-order valence-electron chi connectivity index (χ1n) is 6.63. The van der Waals surface area contributed by atoms with E-state index in [1.54, 1.807) is 0 Å². The SMILES string of the molecule is CNC(Cc1cnn(C)c1)c1cnc2ccccc2n1. The van der Waals surface area contributed by atoms with Gasteiger partial charge in [0.15, 0.2) is 0 Å². The van der Waals surface area contributed by atoms with Gasteiger partial charge in [-0.25, -0.2) is 4.98 Å². The summed E-state index contributed by atoms with van der Waals surface area (Å²) >= 11 is 0. The van der Waals surface area contributed by atoms with E-state index < -0.39 is 0 Å². The molecule has 5 nitrogen and oxygen atoms in total. The van der Waals surface area contributed by atoms with Gasteiger partial charge in [0, 0.05) is 13.2 Å². The molecular formula is C15H17N5. The molecule has 1 atom stereocenters. The number of nitrogens with one attached hydrogen (secondary N) is 1. The second-order valence-electron chi connectivity index (χ2n) is 4.85. The lowest BCUT2D eigenvalue weighted by Gasteiger charge is -2.14. The summed E-state index contributed by atoms with van der Waals surface area (Å²) in [5.41, 5.74) is 3.99. The van der Waals surface area contributed by atoms with Crippen molar-refractivity contribution in [2.24, 2.45) is 7.05 Å². The fourth-order valence-corrected chi connectivity index (χ4v) is 2.31. The Bertz CT molecular complexity index is 719. The Kier molecular flexibility index (Phi) is 3.43. The smallest absolute Gasteiger partial charge is 0.0890 e. The van der Waals surface area contributed by atoms with Crippen molar-refractivity contribution in [3.63, 3.8) is 0 Å². The van der Waals surface area contributed by atoms with E-state index in [9.17, 15) is 0 Å². The van der Waals surface area contributed by atoms with Gasteiger partial charge in [-0.1, -0.05) is 12.1 Å². The predicted molar refractivity (Wildman–Crippen MR) is 78.3 cm³/mol. The van der Waals surface area contributed by atoms with Crippen LogP contribution in [-0.2, 0) is 13.5 Å². The maximum absolute atomic E-state index is 4.70. The van der Waals surface area contributed by atoms with Crippen LogP contribution in [0.3, 0.4) is 0 Å². The van der Waals surface area contributed by atoms with Crippen molar-refractivity contribution in [3.05, 3.63) is 54.1 Å². The first-order chi connectivity index (χ1) is 9.76. The lowest BCUT2D eigenvalue weighted by molar-refractivity contribution is 0.575. The molecule has 0 fully saturated rings. The van der Waals surface area contributed by atoms with E-state index in [1.165, 1.54) is 5.56 Å². The van der Waals surface area contributed by atoms with Gasteiger partial charge in [0.25, 0.3) is 0 Å². The molecular weight excluding hydrogens is 250 g/mol. The van der Waals surface area contributed by atoms with E-state index in [1.807, 2.05) is 61.6 Å². The first-order valence-corrected chi connectivity index (χ1v) is 6.63. The minimum Gasteiger partial charge on any atom is -0.311 e. The van der Waals surface area contributed by atoms with Gasteiger partial charge < -0.3 is 5.32 Å². The van der Waals surface area contributed by atoms with Crippen LogP contribution in [-0.4, -0.2) is 26.8 Å². The molecule has 2 aromatic heterocycles. The van der Waals surface area contributed by atoms with Crippen molar-refractivity contribution in [1.29, 1.82) is 0 Å². The Hall–Kier alpha value is -2.27. The van der Waals surface area contributed by atoms with Crippen molar-refractivity contribution in [3.8, 4) is 0 Å². The Morgan fingerprint density at radius 3 is 2.70 bits per heavy atom. The largest absolute Gasteiger partial charge is 0.311 e. The number of para-hydroxylation sites is 2. The number of hydrogen-bond donors (Lipinski definition) is 1. The van der Waals surface area contributed by atoms with Crippen LogP contribution in [0.2, 0.25) is 0 Å². The fourth-order valence-electron chi connectivity index (χ4n) is 2.31. The first kappa shape index (κ1) is 12.7. The lowest BCUT2D eigenvalue weighted by atomic mass is 10.1. The average molecular weight is 267 g/mol. The van der Waals surface area contributed by atoms with Crippen LogP contribution in [0.1, 0.15) is 17.3 Å². The van der Waals surface area contributed by atoms with Gasteiger partial charge in [-0.2, -0.15) is 5.10 Å². The van der Waals surface area contributed by atoms with Crippen LogP contribution < -0.4 is 5.32 Å². The van der Waals surface area contributed by atoms with Gasteiger partial charge >= 0.3 is 0 Å². The molecule has 0 bridgehead atoms. The van der Waals surface area contributed by atoms with Crippen LogP contribution >= 0.6 is 0 Å². The Morgan fingerprint density at radius 2 is 2.00 bits per heavy atom. The molecule has 0 amide bonds. The topological polar surface area (TPSA) is 55.6 Å². The molecule has 1 N–H and O–H groups in total. The number of aromatic nitrogens is 4. The summed E-state index contributed by atoms with van der Waals surface area (Å²) in [5.74, 6) is 0. The molecule has 102 valence electrons. The molecule has 3 aromatic rings. The molecule has 5 heteroatoms. The number of aryl methyl sites for hydroxylation is 1. The van der Waals surface area contributed by atoms with Gasteiger partial charge in [0.05, 0.1) is 35.2 Å². The highest BCUT2D eigenvalue weighted by Gasteiger charge is 2.13. The summed E-state index contributed by atoms with van der Waals surface area (Å²) in [6.45, 7) is 0. The monoisotopic (exact) mass is 267 g/mol. The second-order valence-corrected chi connectivity index (χ2v) is 4.85. The molecule has 1 unspecified atom stereocenters. The van der Waals surface area contributed by atoms with Crippen molar-refractivity contribution < 1.29 is 0 Å². The normalized spacial score (nSPS) is 12.7. The number of benzene rings is 1. The number of hydrogen-bond acceptors (Lipinski definition) is 4. The number of fused-ring (bicyclic) bond motifs is 1. The molecule has 0 spiro atoms. The molecule has 0 radical (unpaired) electrons. The molecule has 0 aliphatic carbocycles. The minimum absolute atomic E-state index is 0.135. The van der Waals surface area contributed by atoms with Crippen molar-refractivity contribution >= 4 is 11.0 Å². The molecule has 0 saturated heterocycles. The minimum atomic E-state index is 0.135. The third-order valence-electron chi connectivity index (χ3n) is 3.37. The maximum Gasteiger partial charge on any atom is 0.0890 e. The zero-order valence-corrected chi connectivity index (χ0v) is 11.6. The van der Waals surface area contributed by atoms with Gasteiger partial charge in [-0.05, 0) is 31.2 Å². The van der Waals surface area contributed by atoms with Gasteiger partial charge in [-0.15, -0.1) is 0 Å². The summed E-state index contributed by atoms with van der Waals surface area (Å²) in [4.78, 5) is 9.17. The van der Waals surface area contributed by atoms with E-state index in [0.29, 0.717) is 0 Å². The van der Waals surface area contributed by atoms with Crippen LogP contribution in [0, 0.1) is 0 Å². The Balaban J connectivity index is 1.90. The summed E-state index contributed by atoms with van der Waals surface area (Å²) in [6, 6.07) is 8.05.